The Morgan fingerprint density at radius 1 is 1.15 bits per heavy atom. The molecule has 10 nitrogen and oxygen atoms in total. The highest BCUT2D eigenvalue weighted by atomic mass is 16.5. The van der Waals surface area contributed by atoms with Crippen molar-refractivity contribution >= 4 is 34.3 Å². The minimum Gasteiger partial charge on any atom is -0.497 e. The Morgan fingerprint density at radius 2 is 1.95 bits per heavy atom. The standard InChI is InChI=1S/C31H38N4O6/c1-18(36)25-15-28(23-12-11-21(40-3)13-26(23)33-25)41-22-14-27-29(38)34-31(19(2)37)16-20(31)9-7-5-4-6-8-10-24(32)30(39)35(27)17-22/h7,9,11-13,15,20,22,24,27H,4-6,8,10,14,16-17,32H2,1-3H3,(H,34,38)/p+2/b9-7-/t20?,22-,24+,27+,31+/m1/s1. The molecule has 5 atom stereocenters. The number of ketones is 2. The lowest BCUT2D eigenvalue weighted by Crippen LogP contribution is -2.69. The smallest absolute Gasteiger partial charge is 0.281 e. The summed E-state index contributed by atoms with van der Waals surface area (Å²) < 4.78 is 11.8. The number of ether oxygens (including phenoxy) is 2. The number of hydrogen-bond donors (Lipinski definition) is 2. The second kappa shape index (κ2) is 11.6. The van der Waals surface area contributed by atoms with Crippen molar-refractivity contribution in [2.75, 3.05) is 13.7 Å². The van der Waals surface area contributed by atoms with Gasteiger partial charge in [0.25, 0.3) is 11.6 Å². The normalized spacial score (nSPS) is 29.4. The molecule has 0 spiro atoms. The molecule has 1 aromatic carbocycles. The number of amides is 2. The summed E-state index contributed by atoms with van der Waals surface area (Å²) in [7, 11) is 1.57. The number of quaternary nitrogens is 1. The molecule has 1 saturated carbocycles. The summed E-state index contributed by atoms with van der Waals surface area (Å²) in [6, 6.07) is 5.83. The van der Waals surface area contributed by atoms with Crippen LogP contribution in [0.2, 0.25) is 0 Å². The SMILES string of the molecule is COc1ccc2c(O[C@@H]3C[C@H]4C(=O)N[C@]5(C(C)=O)CC5/C=C\CCCCC[C@H]([NH3+])C(=O)N4C3)cc(C(C)=O)[nH+]c2c1. The third-order valence-corrected chi connectivity index (χ3v) is 8.69. The zero-order valence-corrected chi connectivity index (χ0v) is 24.0. The van der Waals surface area contributed by atoms with Gasteiger partial charge < -0.3 is 25.4 Å². The quantitative estimate of drug-likeness (QED) is 0.419. The van der Waals surface area contributed by atoms with Gasteiger partial charge in [-0.15, -0.1) is 0 Å². The zero-order valence-electron chi connectivity index (χ0n) is 24.0. The van der Waals surface area contributed by atoms with Crippen LogP contribution in [0.5, 0.6) is 11.5 Å². The van der Waals surface area contributed by atoms with Gasteiger partial charge in [-0.3, -0.25) is 19.2 Å². The molecule has 0 bridgehead atoms. The Labute approximate surface area is 239 Å². The maximum absolute atomic E-state index is 13.7. The minimum absolute atomic E-state index is 0.0406. The van der Waals surface area contributed by atoms with Crippen LogP contribution >= 0.6 is 0 Å². The Kier molecular flexibility index (Phi) is 8.13. The van der Waals surface area contributed by atoms with Gasteiger partial charge in [-0.05, 0) is 44.7 Å². The van der Waals surface area contributed by atoms with E-state index >= 15 is 0 Å². The number of Topliss-reactive ketones (excluding diaryl/α,β-unsaturated/α-hetero) is 2. The summed E-state index contributed by atoms with van der Waals surface area (Å²) in [5.41, 5.74) is 4.25. The maximum atomic E-state index is 13.7. The van der Waals surface area contributed by atoms with E-state index in [4.69, 9.17) is 9.47 Å². The fourth-order valence-electron chi connectivity index (χ4n) is 6.11. The van der Waals surface area contributed by atoms with Crippen molar-refractivity contribution in [3.05, 3.63) is 42.1 Å². The van der Waals surface area contributed by atoms with Crippen molar-refractivity contribution < 1.29 is 39.4 Å². The van der Waals surface area contributed by atoms with Gasteiger partial charge in [-0.2, -0.15) is 0 Å². The fourth-order valence-corrected chi connectivity index (χ4v) is 6.11. The van der Waals surface area contributed by atoms with Crippen LogP contribution in [0.1, 0.15) is 69.3 Å². The van der Waals surface area contributed by atoms with E-state index < -0.39 is 23.7 Å². The molecule has 1 unspecified atom stereocenters. The van der Waals surface area contributed by atoms with Crippen molar-refractivity contribution in [3.63, 3.8) is 0 Å². The summed E-state index contributed by atoms with van der Waals surface area (Å²) in [5, 5.41) is 3.77. The first-order valence-corrected chi connectivity index (χ1v) is 14.5. The Morgan fingerprint density at radius 3 is 2.68 bits per heavy atom. The number of rotatable bonds is 5. The first-order chi connectivity index (χ1) is 19.6. The lowest BCUT2D eigenvalue weighted by atomic mass is 10.1. The van der Waals surface area contributed by atoms with Crippen molar-refractivity contribution in [3.8, 4) is 11.5 Å². The van der Waals surface area contributed by atoms with Gasteiger partial charge in [-0.25, -0.2) is 4.98 Å². The second-order valence-corrected chi connectivity index (χ2v) is 11.6. The molecule has 41 heavy (non-hydrogen) atoms. The molecule has 1 aromatic heterocycles. The topological polar surface area (TPSA) is 144 Å². The molecule has 218 valence electrons. The predicted octanol–water partition coefficient (Wildman–Crippen LogP) is 1.81. The molecule has 3 heterocycles. The Hall–Kier alpha value is -3.79. The van der Waals surface area contributed by atoms with E-state index in [-0.39, 0.29) is 42.3 Å². The molecule has 2 aromatic rings. The van der Waals surface area contributed by atoms with Crippen LogP contribution < -0.4 is 25.5 Å². The van der Waals surface area contributed by atoms with E-state index in [1.54, 1.807) is 30.2 Å². The number of aromatic nitrogens is 1. The summed E-state index contributed by atoms with van der Waals surface area (Å²) in [4.78, 5) is 57.0. The Bertz CT molecular complexity index is 1410. The van der Waals surface area contributed by atoms with E-state index in [9.17, 15) is 19.2 Å². The number of fused-ring (bicyclic) bond motifs is 3. The summed E-state index contributed by atoms with van der Waals surface area (Å²) in [6.45, 7) is 3.18. The number of allylic oxidation sites excluding steroid dienone is 1. The number of benzene rings is 1. The van der Waals surface area contributed by atoms with Crippen LogP contribution in [0.3, 0.4) is 0 Å². The molecule has 5 rings (SSSR count). The molecule has 5 N–H and O–H groups in total. The summed E-state index contributed by atoms with van der Waals surface area (Å²) in [5.74, 6) is 0.293. The lowest BCUT2D eigenvalue weighted by Gasteiger charge is -2.27. The molecular weight excluding hydrogens is 524 g/mol. The van der Waals surface area contributed by atoms with Crippen molar-refractivity contribution in [2.45, 2.75) is 82.5 Å². The van der Waals surface area contributed by atoms with E-state index in [0.29, 0.717) is 35.6 Å². The fraction of sp³-hybridized carbons (Fsp3) is 0.516. The molecule has 2 fully saturated rings. The van der Waals surface area contributed by atoms with E-state index in [1.165, 1.54) is 13.8 Å². The Balaban J connectivity index is 1.45. The van der Waals surface area contributed by atoms with Crippen LogP contribution in [0, 0.1) is 5.92 Å². The second-order valence-electron chi connectivity index (χ2n) is 11.6. The number of aromatic amines is 1. The highest BCUT2D eigenvalue weighted by molar-refractivity contribution is 5.98. The van der Waals surface area contributed by atoms with Crippen molar-refractivity contribution in [1.29, 1.82) is 0 Å². The monoisotopic (exact) mass is 564 g/mol. The molecule has 0 radical (unpaired) electrons. The third kappa shape index (κ3) is 5.84. The van der Waals surface area contributed by atoms with Crippen molar-refractivity contribution in [1.82, 2.24) is 10.2 Å². The third-order valence-electron chi connectivity index (χ3n) is 8.69. The molecule has 1 saturated heterocycles. The van der Waals surface area contributed by atoms with E-state index in [1.807, 2.05) is 12.1 Å². The average Bonchev–Trinajstić information content (AvgIpc) is 3.48. The molecule has 1 aliphatic carbocycles. The molecule has 10 heteroatoms. The number of carbonyl (C=O) groups excluding carboxylic acids is 4. The van der Waals surface area contributed by atoms with Crippen LogP contribution in [0.4, 0.5) is 0 Å². The molecular formula is C31H40N4O6+2. The van der Waals surface area contributed by atoms with Crippen LogP contribution in [-0.4, -0.2) is 65.7 Å². The van der Waals surface area contributed by atoms with Crippen LogP contribution in [-0.2, 0) is 14.4 Å². The van der Waals surface area contributed by atoms with E-state index in [0.717, 1.165) is 31.1 Å². The largest absolute Gasteiger partial charge is 0.497 e. The lowest BCUT2D eigenvalue weighted by molar-refractivity contribution is -0.407. The first kappa shape index (κ1) is 28.7. The van der Waals surface area contributed by atoms with Crippen molar-refractivity contribution in [2.24, 2.45) is 5.92 Å². The van der Waals surface area contributed by atoms with E-state index in [2.05, 4.69) is 22.1 Å². The highest BCUT2D eigenvalue weighted by Crippen LogP contribution is 2.46. The van der Waals surface area contributed by atoms with Gasteiger partial charge in [0.15, 0.2) is 11.8 Å². The number of nitrogens with one attached hydrogen (secondary N) is 2. The molecule has 3 aliphatic rings. The maximum Gasteiger partial charge on any atom is 0.281 e. The first-order valence-electron chi connectivity index (χ1n) is 14.5. The van der Waals surface area contributed by atoms with Crippen LogP contribution in [0.15, 0.2) is 36.4 Å². The number of pyridine rings is 1. The van der Waals surface area contributed by atoms with Gasteiger partial charge in [0.1, 0.15) is 29.2 Å². The zero-order chi connectivity index (χ0) is 29.3. The number of nitrogens with zero attached hydrogens (tertiary/aromatic N) is 1. The predicted molar refractivity (Wildman–Crippen MR) is 150 cm³/mol. The molecule has 2 amide bonds. The van der Waals surface area contributed by atoms with Gasteiger partial charge >= 0.3 is 0 Å². The minimum atomic E-state index is -0.924. The highest BCUT2D eigenvalue weighted by Gasteiger charge is 2.59. The van der Waals surface area contributed by atoms with Crippen LogP contribution in [0.25, 0.3) is 10.9 Å². The van der Waals surface area contributed by atoms with Gasteiger partial charge in [0.2, 0.25) is 17.2 Å². The molecule has 2 aliphatic heterocycles. The van der Waals surface area contributed by atoms with Gasteiger partial charge in [0.05, 0.1) is 31.2 Å². The number of methoxy groups -OCH3 is 1. The van der Waals surface area contributed by atoms with Gasteiger partial charge in [-0.1, -0.05) is 18.6 Å². The number of hydrogen-bond acceptors (Lipinski definition) is 6. The van der Waals surface area contributed by atoms with Gasteiger partial charge in [0, 0.05) is 25.7 Å². The average molecular weight is 565 g/mol. The summed E-state index contributed by atoms with van der Waals surface area (Å²) >= 11 is 0. The summed E-state index contributed by atoms with van der Waals surface area (Å²) in [6.07, 6.45) is 8.88. The number of H-pyrrole nitrogens is 1. The number of carbonyl (C=O) groups is 4.